The lowest BCUT2D eigenvalue weighted by Gasteiger charge is -2.42. The van der Waals surface area contributed by atoms with E-state index in [0.29, 0.717) is 18.6 Å². The molecule has 2 fully saturated rings. The van der Waals surface area contributed by atoms with Gasteiger partial charge in [0.05, 0.1) is 37.7 Å². The molecule has 1 aromatic heterocycles. The topological polar surface area (TPSA) is 64.4 Å². The van der Waals surface area contributed by atoms with Crippen LogP contribution in [0, 0.1) is 18.6 Å². The summed E-state index contributed by atoms with van der Waals surface area (Å²) in [5.41, 5.74) is 3.25. The van der Waals surface area contributed by atoms with Gasteiger partial charge in [-0.15, -0.1) is 5.10 Å². The first-order valence-electron chi connectivity index (χ1n) is 10.2. The lowest BCUT2D eigenvalue weighted by Crippen LogP contribution is -2.53. The van der Waals surface area contributed by atoms with Crippen molar-refractivity contribution in [1.82, 2.24) is 19.7 Å². The molecule has 0 bridgehead atoms. The number of morpholine rings is 1. The van der Waals surface area contributed by atoms with Gasteiger partial charge in [-0.05, 0) is 42.3 Å². The average Bonchev–Trinajstić information content (AvgIpc) is 3.14. The number of benzene rings is 2. The summed E-state index contributed by atoms with van der Waals surface area (Å²) in [6.45, 7) is 6.04. The van der Waals surface area contributed by atoms with E-state index >= 15 is 0 Å². The Balaban J connectivity index is 1.33. The fraction of sp³-hybridized carbons (Fsp3) is 0.364. The summed E-state index contributed by atoms with van der Waals surface area (Å²) >= 11 is 0. The molecule has 3 aromatic rings. The van der Waals surface area contributed by atoms with Crippen LogP contribution in [0.5, 0.6) is 0 Å². The molecule has 2 aliphatic rings. The predicted molar refractivity (Wildman–Crippen MR) is 111 cm³/mol. The van der Waals surface area contributed by atoms with E-state index in [4.69, 9.17) is 9.47 Å². The maximum absolute atomic E-state index is 13.5. The molecule has 0 radical (unpaired) electrons. The molecule has 0 saturated carbocycles. The first kappa shape index (κ1) is 20.0. The summed E-state index contributed by atoms with van der Waals surface area (Å²) in [5.74, 6) is -1.00. The van der Waals surface area contributed by atoms with Crippen molar-refractivity contribution in [2.75, 3.05) is 38.2 Å². The van der Waals surface area contributed by atoms with Crippen molar-refractivity contribution in [1.29, 1.82) is 0 Å². The normalized spacial score (nSPS) is 19.9. The van der Waals surface area contributed by atoms with E-state index in [2.05, 4.69) is 26.4 Å². The highest BCUT2D eigenvalue weighted by molar-refractivity contribution is 5.56. The zero-order valence-corrected chi connectivity index (χ0v) is 17.1. The SMILES string of the molecule is Cc1cc(Nc2ncn(-c3cc(F)cc(F)c3)n2)cc([C@H]2CN(C3COC3)CCO2)c1. The number of halogens is 2. The third-order valence-electron chi connectivity index (χ3n) is 5.57. The number of aryl methyl sites for hydroxylation is 1. The van der Waals surface area contributed by atoms with Crippen LogP contribution in [0.15, 0.2) is 42.7 Å². The van der Waals surface area contributed by atoms with Crippen molar-refractivity contribution in [3.63, 3.8) is 0 Å². The highest BCUT2D eigenvalue weighted by Gasteiger charge is 2.31. The zero-order chi connectivity index (χ0) is 21.4. The van der Waals surface area contributed by atoms with Gasteiger partial charge in [-0.1, -0.05) is 6.07 Å². The van der Waals surface area contributed by atoms with Crippen LogP contribution in [0.25, 0.3) is 5.69 Å². The summed E-state index contributed by atoms with van der Waals surface area (Å²) in [7, 11) is 0. The summed E-state index contributed by atoms with van der Waals surface area (Å²) in [5, 5.41) is 7.47. The van der Waals surface area contributed by atoms with Gasteiger partial charge in [0.2, 0.25) is 5.95 Å². The highest BCUT2D eigenvalue weighted by atomic mass is 19.1. The average molecular weight is 427 g/mol. The molecule has 162 valence electrons. The Morgan fingerprint density at radius 2 is 1.87 bits per heavy atom. The van der Waals surface area contributed by atoms with Crippen LogP contribution in [-0.4, -0.2) is 58.6 Å². The van der Waals surface area contributed by atoms with Gasteiger partial charge in [-0.25, -0.2) is 13.5 Å². The minimum absolute atomic E-state index is 0.0180. The molecule has 3 heterocycles. The van der Waals surface area contributed by atoms with Gasteiger partial charge in [-0.3, -0.25) is 4.90 Å². The summed E-state index contributed by atoms with van der Waals surface area (Å²) < 4.78 is 39.7. The zero-order valence-electron chi connectivity index (χ0n) is 17.1. The van der Waals surface area contributed by atoms with Gasteiger partial charge < -0.3 is 14.8 Å². The monoisotopic (exact) mass is 427 g/mol. The third kappa shape index (κ3) is 4.43. The Labute approximate surface area is 178 Å². The van der Waals surface area contributed by atoms with Crippen molar-refractivity contribution >= 4 is 11.6 Å². The maximum Gasteiger partial charge on any atom is 0.246 e. The second kappa shape index (κ2) is 8.33. The molecule has 0 amide bonds. The minimum Gasteiger partial charge on any atom is -0.378 e. The number of ether oxygens (including phenoxy) is 2. The maximum atomic E-state index is 13.5. The van der Waals surface area contributed by atoms with E-state index in [0.717, 1.165) is 49.2 Å². The van der Waals surface area contributed by atoms with Gasteiger partial charge in [0, 0.05) is 24.8 Å². The number of nitrogens with one attached hydrogen (secondary N) is 1. The van der Waals surface area contributed by atoms with Crippen molar-refractivity contribution in [2.24, 2.45) is 0 Å². The van der Waals surface area contributed by atoms with Crippen LogP contribution in [0.4, 0.5) is 20.4 Å². The van der Waals surface area contributed by atoms with Gasteiger partial charge in [0.1, 0.15) is 18.0 Å². The van der Waals surface area contributed by atoms with E-state index in [1.807, 2.05) is 19.1 Å². The molecule has 2 aromatic carbocycles. The first-order chi connectivity index (χ1) is 15.0. The molecule has 2 aliphatic heterocycles. The number of hydrogen-bond donors (Lipinski definition) is 1. The van der Waals surface area contributed by atoms with Crippen LogP contribution in [0.3, 0.4) is 0 Å². The van der Waals surface area contributed by atoms with Gasteiger partial charge >= 0.3 is 0 Å². The highest BCUT2D eigenvalue weighted by Crippen LogP contribution is 2.29. The van der Waals surface area contributed by atoms with E-state index in [-0.39, 0.29) is 11.8 Å². The van der Waals surface area contributed by atoms with E-state index in [1.165, 1.54) is 23.1 Å². The molecule has 7 nitrogen and oxygen atoms in total. The van der Waals surface area contributed by atoms with Crippen molar-refractivity contribution < 1.29 is 18.3 Å². The Bertz CT molecular complexity index is 1070. The molecule has 1 N–H and O–H groups in total. The molecular weight excluding hydrogens is 404 g/mol. The standard InChI is InChI=1S/C22H23F2N5O2/c1-14-4-15(21-10-28(2-3-31-21)20-11-30-12-20)6-18(5-14)26-22-25-13-29(27-22)19-8-16(23)7-17(24)9-19/h4-9,13,20-21H,2-3,10-12H2,1H3,(H,26,27)/t21-/m1/s1. The Morgan fingerprint density at radius 3 is 2.61 bits per heavy atom. The summed E-state index contributed by atoms with van der Waals surface area (Å²) in [6.07, 6.45) is 1.39. The molecule has 31 heavy (non-hydrogen) atoms. The Morgan fingerprint density at radius 1 is 1.06 bits per heavy atom. The second-order valence-corrected chi connectivity index (χ2v) is 7.94. The second-order valence-electron chi connectivity index (χ2n) is 7.94. The van der Waals surface area contributed by atoms with Gasteiger partial charge in [-0.2, -0.15) is 4.98 Å². The number of rotatable bonds is 5. The number of hydrogen-bond acceptors (Lipinski definition) is 6. The molecule has 9 heteroatoms. The lowest BCUT2D eigenvalue weighted by molar-refractivity contribution is -0.115. The lowest BCUT2D eigenvalue weighted by atomic mass is 10.0. The number of aromatic nitrogens is 3. The van der Waals surface area contributed by atoms with Gasteiger partial charge in [0.25, 0.3) is 0 Å². The van der Waals surface area contributed by atoms with E-state index < -0.39 is 11.6 Å². The molecule has 0 spiro atoms. The van der Waals surface area contributed by atoms with E-state index in [9.17, 15) is 8.78 Å². The van der Waals surface area contributed by atoms with Crippen molar-refractivity contribution in [3.05, 3.63) is 65.5 Å². The van der Waals surface area contributed by atoms with Crippen LogP contribution >= 0.6 is 0 Å². The molecule has 5 rings (SSSR count). The number of anilines is 2. The Kier molecular flexibility index (Phi) is 5.39. The Hall–Kier alpha value is -2.88. The van der Waals surface area contributed by atoms with Crippen molar-refractivity contribution in [2.45, 2.75) is 19.1 Å². The smallest absolute Gasteiger partial charge is 0.246 e. The fourth-order valence-corrected chi connectivity index (χ4v) is 3.95. The van der Waals surface area contributed by atoms with Crippen molar-refractivity contribution in [3.8, 4) is 5.69 Å². The minimum atomic E-state index is -0.668. The van der Waals surface area contributed by atoms with Gasteiger partial charge in [0.15, 0.2) is 0 Å². The molecule has 2 saturated heterocycles. The molecule has 0 aliphatic carbocycles. The number of nitrogens with zero attached hydrogens (tertiary/aromatic N) is 4. The predicted octanol–water partition coefficient (Wildman–Crippen LogP) is 3.37. The third-order valence-corrected chi connectivity index (χ3v) is 5.57. The van der Waals surface area contributed by atoms with E-state index in [1.54, 1.807) is 0 Å². The fourth-order valence-electron chi connectivity index (χ4n) is 3.95. The summed E-state index contributed by atoms with van der Waals surface area (Å²) in [4.78, 5) is 6.64. The first-order valence-corrected chi connectivity index (χ1v) is 10.2. The van der Waals surface area contributed by atoms with Crippen LogP contribution in [-0.2, 0) is 9.47 Å². The van der Waals surface area contributed by atoms with Crippen LogP contribution < -0.4 is 5.32 Å². The molecular formula is C22H23F2N5O2. The summed E-state index contributed by atoms with van der Waals surface area (Å²) in [6, 6.07) is 9.85. The molecule has 1 atom stereocenters. The molecule has 0 unspecified atom stereocenters. The van der Waals surface area contributed by atoms with Crippen LogP contribution in [0.1, 0.15) is 17.2 Å². The quantitative estimate of drug-likeness (QED) is 0.674. The largest absolute Gasteiger partial charge is 0.378 e. The van der Waals surface area contributed by atoms with Crippen LogP contribution in [0.2, 0.25) is 0 Å².